The Balaban J connectivity index is 2.22. The Kier molecular flexibility index (Phi) is 5.52. The van der Waals surface area contributed by atoms with E-state index >= 15 is 0 Å². The van der Waals surface area contributed by atoms with Gasteiger partial charge in [0.1, 0.15) is 11.5 Å². The normalized spacial score (nSPS) is 15.0. The molecule has 0 aliphatic carbocycles. The first-order valence-electron chi connectivity index (χ1n) is 5.60. The van der Waals surface area contributed by atoms with Crippen molar-refractivity contribution in [2.45, 2.75) is 32.4 Å². The van der Waals surface area contributed by atoms with Crippen LogP contribution in [-0.4, -0.2) is 31.5 Å². The number of ether oxygens (including phenoxy) is 1. The first-order chi connectivity index (χ1) is 7.63. The number of methoxy groups -OCH3 is 1. The summed E-state index contributed by atoms with van der Waals surface area (Å²) >= 11 is 0. The lowest BCUT2D eigenvalue weighted by Gasteiger charge is -2.13. The van der Waals surface area contributed by atoms with Crippen molar-refractivity contribution in [3.05, 3.63) is 23.7 Å². The molecule has 0 spiro atoms. The number of nitrogens with one attached hydrogen (secondary N) is 1. The Hall–Kier alpha value is -0.840. The summed E-state index contributed by atoms with van der Waals surface area (Å²) < 4.78 is 10.4. The molecule has 0 bridgehead atoms. The second-order valence-electron chi connectivity index (χ2n) is 4.02. The maximum absolute atomic E-state index is 9.45. The van der Waals surface area contributed by atoms with Gasteiger partial charge in [-0.05, 0) is 38.9 Å². The molecule has 4 nitrogen and oxygen atoms in total. The molecule has 2 N–H and O–H groups in total. The van der Waals surface area contributed by atoms with E-state index in [0.29, 0.717) is 13.0 Å². The van der Waals surface area contributed by atoms with Gasteiger partial charge in [0, 0.05) is 7.11 Å². The second kappa shape index (κ2) is 6.68. The lowest BCUT2D eigenvalue weighted by atomic mass is 10.2. The van der Waals surface area contributed by atoms with Crippen LogP contribution in [0, 0.1) is 6.92 Å². The van der Waals surface area contributed by atoms with Gasteiger partial charge in [0.25, 0.3) is 0 Å². The molecule has 2 atom stereocenters. The molecule has 0 saturated carbocycles. The smallest absolute Gasteiger partial charge is 0.120 e. The molecule has 1 heterocycles. The fraction of sp³-hybridized carbons (Fsp3) is 0.667. The fourth-order valence-corrected chi connectivity index (χ4v) is 1.53. The van der Waals surface area contributed by atoms with Crippen LogP contribution in [0.25, 0.3) is 0 Å². The van der Waals surface area contributed by atoms with Crippen molar-refractivity contribution in [3.8, 4) is 0 Å². The molecule has 0 radical (unpaired) electrons. The maximum Gasteiger partial charge on any atom is 0.120 e. The average molecular weight is 227 g/mol. The van der Waals surface area contributed by atoms with Crippen LogP contribution >= 0.6 is 0 Å². The first kappa shape index (κ1) is 13.2. The highest BCUT2D eigenvalue weighted by Gasteiger charge is 2.09. The third kappa shape index (κ3) is 4.35. The SMILES string of the molecule is COCC(O)CCNC(C)c1ccc(C)o1. The Labute approximate surface area is 96.6 Å². The Morgan fingerprint density at radius 1 is 1.50 bits per heavy atom. The molecule has 0 saturated heterocycles. The van der Waals surface area contributed by atoms with Crippen molar-refractivity contribution < 1.29 is 14.3 Å². The van der Waals surface area contributed by atoms with Crippen LogP contribution in [-0.2, 0) is 4.74 Å². The van der Waals surface area contributed by atoms with Crippen LogP contribution in [0.5, 0.6) is 0 Å². The minimum atomic E-state index is -0.400. The molecule has 0 amide bonds. The molecule has 0 aliphatic rings. The van der Waals surface area contributed by atoms with Crippen LogP contribution in [0.3, 0.4) is 0 Å². The maximum atomic E-state index is 9.45. The van der Waals surface area contributed by atoms with Gasteiger partial charge in [0.15, 0.2) is 0 Å². The van der Waals surface area contributed by atoms with E-state index in [4.69, 9.17) is 9.15 Å². The minimum absolute atomic E-state index is 0.170. The molecule has 1 aromatic rings. The molecule has 1 aromatic heterocycles. The highest BCUT2D eigenvalue weighted by atomic mass is 16.5. The summed E-state index contributed by atoms with van der Waals surface area (Å²) in [6.07, 6.45) is 0.278. The van der Waals surface area contributed by atoms with E-state index in [0.717, 1.165) is 18.1 Å². The predicted molar refractivity (Wildman–Crippen MR) is 62.4 cm³/mol. The first-order valence-corrected chi connectivity index (χ1v) is 5.60. The standard InChI is InChI=1S/C12H21NO3/c1-9-4-5-12(16-9)10(2)13-7-6-11(14)8-15-3/h4-5,10-11,13-14H,6-8H2,1-3H3. The fourth-order valence-electron chi connectivity index (χ4n) is 1.53. The zero-order valence-corrected chi connectivity index (χ0v) is 10.2. The van der Waals surface area contributed by atoms with Crippen molar-refractivity contribution >= 4 is 0 Å². The van der Waals surface area contributed by atoms with E-state index in [2.05, 4.69) is 5.32 Å². The van der Waals surface area contributed by atoms with Crippen molar-refractivity contribution in [1.29, 1.82) is 0 Å². The number of aryl methyl sites for hydroxylation is 1. The van der Waals surface area contributed by atoms with E-state index in [-0.39, 0.29) is 6.04 Å². The van der Waals surface area contributed by atoms with E-state index in [9.17, 15) is 5.11 Å². The number of hydrogen-bond acceptors (Lipinski definition) is 4. The molecule has 1 rings (SSSR count). The summed E-state index contributed by atoms with van der Waals surface area (Å²) in [5.74, 6) is 1.85. The Morgan fingerprint density at radius 3 is 2.81 bits per heavy atom. The average Bonchev–Trinajstić information content (AvgIpc) is 2.65. The highest BCUT2D eigenvalue weighted by Crippen LogP contribution is 2.15. The Morgan fingerprint density at radius 2 is 2.25 bits per heavy atom. The molecular weight excluding hydrogens is 206 g/mol. The van der Waals surface area contributed by atoms with Gasteiger partial charge in [-0.3, -0.25) is 0 Å². The summed E-state index contributed by atoms with van der Waals surface area (Å²) in [5.41, 5.74) is 0. The van der Waals surface area contributed by atoms with Crippen molar-refractivity contribution in [2.75, 3.05) is 20.3 Å². The van der Waals surface area contributed by atoms with Crippen LogP contribution in [0.2, 0.25) is 0 Å². The van der Waals surface area contributed by atoms with E-state index in [1.165, 1.54) is 0 Å². The summed E-state index contributed by atoms with van der Waals surface area (Å²) in [6.45, 7) is 5.10. The third-order valence-electron chi connectivity index (χ3n) is 2.48. The van der Waals surface area contributed by atoms with Crippen LogP contribution in [0.4, 0.5) is 0 Å². The Bertz CT molecular complexity index is 298. The highest BCUT2D eigenvalue weighted by molar-refractivity contribution is 5.08. The molecular formula is C12H21NO3. The largest absolute Gasteiger partial charge is 0.465 e. The van der Waals surface area contributed by atoms with Gasteiger partial charge in [0.05, 0.1) is 18.8 Å². The summed E-state index contributed by atoms with van der Waals surface area (Å²) in [6, 6.07) is 4.09. The van der Waals surface area contributed by atoms with Gasteiger partial charge in [-0.2, -0.15) is 0 Å². The van der Waals surface area contributed by atoms with Gasteiger partial charge < -0.3 is 19.6 Å². The lowest BCUT2D eigenvalue weighted by molar-refractivity contribution is 0.0589. The molecule has 92 valence electrons. The van der Waals surface area contributed by atoms with Gasteiger partial charge >= 0.3 is 0 Å². The lowest BCUT2D eigenvalue weighted by Crippen LogP contribution is -2.25. The topological polar surface area (TPSA) is 54.6 Å². The quantitative estimate of drug-likeness (QED) is 0.743. The van der Waals surface area contributed by atoms with Gasteiger partial charge in [-0.15, -0.1) is 0 Å². The molecule has 16 heavy (non-hydrogen) atoms. The molecule has 0 aromatic carbocycles. The number of aliphatic hydroxyl groups excluding tert-OH is 1. The van der Waals surface area contributed by atoms with Crippen LogP contribution in [0.1, 0.15) is 30.9 Å². The summed E-state index contributed by atoms with van der Waals surface area (Å²) in [7, 11) is 1.59. The number of hydrogen-bond donors (Lipinski definition) is 2. The second-order valence-corrected chi connectivity index (χ2v) is 4.02. The third-order valence-corrected chi connectivity index (χ3v) is 2.48. The zero-order chi connectivity index (χ0) is 12.0. The van der Waals surface area contributed by atoms with Gasteiger partial charge in [0.2, 0.25) is 0 Å². The van der Waals surface area contributed by atoms with Gasteiger partial charge in [-0.25, -0.2) is 0 Å². The van der Waals surface area contributed by atoms with Crippen LogP contribution < -0.4 is 5.32 Å². The number of aliphatic hydroxyl groups is 1. The molecule has 2 unspecified atom stereocenters. The molecule has 0 fully saturated rings. The predicted octanol–water partition coefficient (Wildman–Crippen LogP) is 1.64. The van der Waals surface area contributed by atoms with E-state index in [1.54, 1.807) is 7.11 Å². The van der Waals surface area contributed by atoms with Crippen molar-refractivity contribution in [3.63, 3.8) is 0 Å². The molecule has 4 heteroatoms. The minimum Gasteiger partial charge on any atom is -0.465 e. The van der Waals surface area contributed by atoms with E-state index < -0.39 is 6.10 Å². The van der Waals surface area contributed by atoms with Crippen molar-refractivity contribution in [2.24, 2.45) is 0 Å². The summed E-state index contributed by atoms with van der Waals surface area (Å²) in [5, 5.41) is 12.7. The van der Waals surface area contributed by atoms with Gasteiger partial charge in [-0.1, -0.05) is 0 Å². The van der Waals surface area contributed by atoms with Crippen molar-refractivity contribution in [1.82, 2.24) is 5.32 Å². The summed E-state index contributed by atoms with van der Waals surface area (Å²) in [4.78, 5) is 0. The van der Waals surface area contributed by atoms with E-state index in [1.807, 2.05) is 26.0 Å². The number of rotatable bonds is 7. The molecule has 0 aliphatic heterocycles. The zero-order valence-electron chi connectivity index (χ0n) is 10.2. The number of furan rings is 1. The van der Waals surface area contributed by atoms with Crippen LogP contribution in [0.15, 0.2) is 16.5 Å². The monoisotopic (exact) mass is 227 g/mol.